The zero-order valence-corrected chi connectivity index (χ0v) is 22.0. The van der Waals surface area contributed by atoms with Gasteiger partial charge in [0.25, 0.3) is 11.5 Å². The van der Waals surface area contributed by atoms with Crippen molar-refractivity contribution in [2.75, 3.05) is 11.4 Å². The number of pyridine rings is 1. The van der Waals surface area contributed by atoms with Crippen molar-refractivity contribution in [1.29, 1.82) is 0 Å². The Kier molecular flexibility index (Phi) is 7.11. The first-order chi connectivity index (χ1) is 17.3. The average molecular weight is 494 g/mol. The number of aromatic amines is 1. The summed E-state index contributed by atoms with van der Waals surface area (Å²) in [6.07, 6.45) is 8.55. The lowest BCUT2D eigenvalue weighted by molar-refractivity contribution is -0.00369. The van der Waals surface area contributed by atoms with Crippen molar-refractivity contribution in [1.82, 2.24) is 10.3 Å². The van der Waals surface area contributed by atoms with Gasteiger partial charge in [0.1, 0.15) is 5.75 Å². The van der Waals surface area contributed by atoms with Crippen molar-refractivity contribution in [3.8, 4) is 5.75 Å². The number of hydrogen-bond donors (Lipinski definition) is 2. The third-order valence-corrected chi connectivity index (χ3v) is 8.23. The summed E-state index contributed by atoms with van der Waals surface area (Å²) in [6, 6.07) is 6.32. The second-order valence-electron chi connectivity index (χ2n) is 10.8. The van der Waals surface area contributed by atoms with Crippen LogP contribution in [0.15, 0.2) is 23.0 Å². The molecule has 2 N–H and O–H groups in total. The number of amides is 1. The summed E-state index contributed by atoms with van der Waals surface area (Å²) < 4.78 is 12.4. The van der Waals surface area contributed by atoms with E-state index in [1.807, 2.05) is 32.9 Å². The number of H-pyrrole nitrogens is 1. The third kappa shape index (κ3) is 5.03. The number of nitrogens with zero attached hydrogens (tertiary/aromatic N) is 1. The minimum Gasteiger partial charge on any atom is -0.490 e. The SMILES string of the molecule is CCN(c1cc(OC2CCC2)cc(C(=O)NCc2c(C)cc(C)[nH]c2=O)c1C)C1CC2CCC(C1)O2. The largest absolute Gasteiger partial charge is 0.490 e. The Morgan fingerprint density at radius 1 is 1.11 bits per heavy atom. The molecule has 1 aliphatic carbocycles. The quantitative estimate of drug-likeness (QED) is 0.557. The smallest absolute Gasteiger partial charge is 0.253 e. The highest BCUT2D eigenvalue weighted by Gasteiger charge is 2.38. The van der Waals surface area contributed by atoms with Crippen LogP contribution in [-0.4, -0.2) is 41.8 Å². The maximum Gasteiger partial charge on any atom is 0.253 e. The molecular formula is C29H39N3O4. The molecule has 3 aliphatic rings. The van der Waals surface area contributed by atoms with E-state index in [2.05, 4.69) is 28.2 Å². The topological polar surface area (TPSA) is 83.7 Å². The molecule has 1 amide bonds. The zero-order valence-electron chi connectivity index (χ0n) is 22.0. The molecular weight excluding hydrogens is 454 g/mol. The summed E-state index contributed by atoms with van der Waals surface area (Å²) in [6.45, 7) is 9.01. The predicted molar refractivity (Wildman–Crippen MR) is 141 cm³/mol. The summed E-state index contributed by atoms with van der Waals surface area (Å²) in [4.78, 5) is 31.2. The molecule has 1 aromatic heterocycles. The zero-order chi connectivity index (χ0) is 25.4. The number of carbonyl (C=O) groups excluding carboxylic acids is 1. The number of ether oxygens (including phenoxy) is 2. The maximum atomic E-state index is 13.5. The first kappa shape index (κ1) is 24.9. The van der Waals surface area contributed by atoms with Gasteiger partial charge in [-0.05, 0) is 95.9 Å². The Hall–Kier alpha value is -2.80. The molecule has 3 heterocycles. The average Bonchev–Trinajstić information content (AvgIpc) is 3.15. The maximum absolute atomic E-state index is 13.5. The van der Waals surface area contributed by atoms with Gasteiger partial charge in [-0.1, -0.05) is 0 Å². The van der Waals surface area contributed by atoms with Crippen molar-refractivity contribution in [2.45, 2.75) is 104 Å². The molecule has 1 saturated carbocycles. The van der Waals surface area contributed by atoms with E-state index >= 15 is 0 Å². The van der Waals surface area contributed by atoms with Crippen LogP contribution < -0.4 is 20.5 Å². The van der Waals surface area contributed by atoms with Crippen LogP contribution in [0.2, 0.25) is 0 Å². The second kappa shape index (κ2) is 10.3. The van der Waals surface area contributed by atoms with Gasteiger partial charge in [-0.2, -0.15) is 0 Å². The molecule has 2 unspecified atom stereocenters. The Balaban J connectivity index is 1.43. The second-order valence-corrected chi connectivity index (χ2v) is 10.8. The number of aryl methyl sites for hydroxylation is 2. The van der Waals surface area contributed by atoms with Gasteiger partial charge in [0, 0.05) is 47.7 Å². The lowest BCUT2D eigenvalue weighted by Gasteiger charge is -2.39. The van der Waals surface area contributed by atoms with E-state index in [0.717, 1.165) is 73.3 Å². The van der Waals surface area contributed by atoms with E-state index in [0.29, 0.717) is 29.4 Å². The van der Waals surface area contributed by atoms with Gasteiger partial charge in [-0.25, -0.2) is 0 Å². The van der Waals surface area contributed by atoms with E-state index in [9.17, 15) is 9.59 Å². The molecule has 2 aliphatic heterocycles. The first-order valence-electron chi connectivity index (χ1n) is 13.5. The van der Waals surface area contributed by atoms with Crippen molar-refractivity contribution < 1.29 is 14.3 Å². The lowest BCUT2D eigenvalue weighted by atomic mass is 9.95. The third-order valence-electron chi connectivity index (χ3n) is 8.23. The molecule has 0 radical (unpaired) electrons. The number of anilines is 1. The molecule has 1 aromatic carbocycles. The standard InChI is InChI=1S/C29H39N3O4/c1-5-32(20-12-22-9-10-23(13-20)36-22)27-15-24(35-21-7-6-8-21)14-25(19(27)4)28(33)30-16-26-17(2)11-18(3)31-29(26)34/h11,14-15,20-23H,5-10,12-13,16H2,1-4H3,(H,30,33)(H,31,34). The number of benzene rings is 1. The highest BCUT2D eigenvalue weighted by molar-refractivity contribution is 5.97. The number of carbonyl (C=O) groups is 1. The number of nitrogens with one attached hydrogen (secondary N) is 2. The van der Waals surface area contributed by atoms with Crippen LogP contribution in [0, 0.1) is 20.8 Å². The summed E-state index contributed by atoms with van der Waals surface area (Å²) >= 11 is 0. The van der Waals surface area contributed by atoms with E-state index < -0.39 is 0 Å². The summed E-state index contributed by atoms with van der Waals surface area (Å²) in [5.41, 5.74) is 4.74. The number of aromatic nitrogens is 1. The minimum absolute atomic E-state index is 0.154. The van der Waals surface area contributed by atoms with E-state index in [-0.39, 0.29) is 24.1 Å². The molecule has 36 heavy (non-hydrogen) atoms. The van der Waals surface area contributed by atoms with Gasteiger partial charge in [0.05, 0.1) is 18.3 Å². The molecule has 7 heteroatoms. The summed E-state index contributed by atoms with van der Waals surface area (Å²) in [7, 11) is 0. The van der Waals surface area contributed by atoms with Crippen LogP contribution in [0.4, 0.5) is 5.69 Å². The summed E-state index contributed by atoms with van der Waals surface area (Å²) in [5, 5.41) is 3.00. The van der Waals surface area contributed by atoms with Crippen LogP contribution in [0.3, 0.4) is 0 Å². The van der Waals surface area contributed by atoms with Crippen LogP contribution in [0.25, 0.3) is 0 Å². The van der Waals surface area contributed by atoms with Crippen molar-refractivity contribution in [3.05, 3.63) is 56.5 Å². The van der Waals surface area contributed by atoms with Gasteiger partial charge < -0.3 is 24.7 Å². The van der Waals surface area contributed by atoms with Gasteiger partial charge in [0.15, 0.2) is 0 Å². The fraction of sp³-hybridized carbons (Fsp3) is 0.586. The van der Waals surface area contributed by atoms with Crippen LogP contribution in [0.1, 0.15) is 84.6 Å². The van der Waals surface area contributed by atoms with Gasteiger partial charge in [-0.15, -0.1) is 0 Å². The van der Waals surface area contributed by atoms with Crippen molar-refractivity contribution >= 4 is 11.6 Å². The van der Waals surface area contributed by atoms with E-state index in [4.69, 9.17) is 9.47 Å². The number of fused-ring (bicyclic) bond motifs is 2. The van der Waals surface area contributed by atoms with Crippen LogP contribution in [-0.2, 0) is 11.3 Å². The molecule has 5 rings (SSSR count). The fourth-order valence-corrected chi connectivity index (χ4v) is 6.03. The first-order valence-corrected chi connectivity index (χ1v) is 13.5. The molecule has 0 spiro atoms. The predicted octanol–water partition coefficient (Wildman–Crippen LogP) is 4.70. The Bertz CT molecular complexity index is 1170. The van der Waals surface area contributed by atoms with Crippen molar-refractivity contribution in [2.24, 2.45) is 0 Å². The molecule has 7 nitrogen and oxygen atoms in total. The van der Waals surface area contributed by atoms with Crippen LogP contribution in [0.5, 0.6) is 5.75 Å². The Labute approximate surface area is 213 Å². The monoisotopic (exact) mass is 493 g/mol. The normalized spacial score (nSPS) is 23.3. The number of hydrogen-bond acceptors (Lipinski definition) is 5. The lowest BCUT2D eigenvalue weighted by Crippen LogP contribution is -2.43. The van der Waals surface area contributed by atoms with Crippen molar-refractivity contribution in [3.63, 3.8) is 0 Å². The van der Waals surface area contributed by atoms with Gasteiger partial charge in [0.2, 0.25) is 0 Å². The van der Waals surface area contributed by atoms with Crippen LogP contribution >= 0.6 is 0 Å². The minimum atomic E-state index is -0.185. The highest BCUT2D eigenvalue weighted by Crippen LogP contribution is 2.39. The molecule has 2 aromatic rings. The Morgan fingerprint density at radius 2 is 1.83 bits per heavy atom. The molecule has 2 atom stereocenters. The van der Waals surface area contributed by atoms with E-state index in [1.165, 1.54) is 6.42 Å². The van der Waals surface area contributed by atoms with Gasteiger partial charge in [-0.3, -0.25) is 9.59 Å². The molecule has 2 saturated heterocycles. The van der Waals surface area contributed by atoms with E-state index in [1.54, 1.807) is 0 Å². The molecule has 2 bridgehead atoms. The summed E-state index contributed by atoms with van der Waals surface area (Å²) in [5.74, 6) is 0.568. The Morgan fingerprint density at radius 3 is 2.44 bits per heavy atom. The highest BCUT2D eigenvalue weighted by atomic mass is 16.5. The fourth-order valence-electron chi connectivity index (χ4n) is 6.03. The molecule has 3 fully saturated rings. The molecule has 194 valence electrons. The van der Waals surface area contributed by atoms with Gasteiger partial charge >= 0.3 is 0 Å². The number of rotatable bonds is 8.